The fourth-order valence-corrected chi connectivity index (χ4v) is 9.07. The number of carbonyl (C=O) groups excluding carboxylic acids is 3. The molecular weight excluding hydrogens is 719 g/mol. The minimum atomic E-state index is -1.12. The van der Waals surface area contributed by atoms with Crippen molar-refractivity contribution in [3.05, 3.63) is 160 Å². The number of hydrogen-bond donors (Lipinski definition) is 3. The van der Waals surface area contributed by atoms with Gasteiger partial charge in [-0.2, -0.15) is 0 Å². The summed E-state index contributed by atoms with van der Waals surface area (Å²) in [6.45, 7) is 4.20. The van der Waals surface area contributed by atoms with E-state index in [9.17, 15) is 24.3 Å². The number of anilines is 2. The first-order chi connectivity index (χ1) is 26.3. The van der Waals surface area contributed by atoms with Gasteiger partial charge in [-0.25, -0.2) is 9.59 Å². The highest BCUT2D eigenvalue weighted by molar-refractivity contribution is 8.00. The molecule has 3 N–H and O–H groups in total. The van der Waals surface area contributed by atoms with E-state index in [0.717, 1.165) is 29.1 Å². The molecule has 9 nitrogen and oxygen atoms in total. The zero-order chi connectivity index (χ0) is 37.6. The van der Waals surface area contributed by atoms with Crippen molar-refractivity contribution >= 4 is 68.3 Å². The third-order valence-corrected chi connectivity index (χ3v) is 11.5. The molecule has 272 valence electrons. The van der Waals surface area contributed by atoms with Gasteiger partial charge < -0.3 is 20.5 Å². The fourth-order valence-electron chi connectivity index (χ4n) is 6.71. The topological polar surface area (TPSA) is 125 Å². The Morgan fingerprint density at radius 2 is 1.56 bits per heavy atom. The molecule has 1 aliphatic heterocycles. The predicted octanol–water partition coefficient (Wildman–Crippen LogP) is 9.06. The van der Waals surface area contributed by atoms with Crippen LogP contribution in [0.2, 0.25) is 0 Å². The number of thiophene rings is 1. The van der Waals surface area contributed by atoms with E-state index in [-0.39, 0.29) is 23.6 Å². The molecule has 1 aromatic heterocycles. The van der Waals surface area contributed by atoms with E-state index in [4.69, 9.17) is 4.74 Å². The number of nitrogens with zero attached hydrogens (tertiary/aromatic N) is 1. The maximum Gasteiger partial charge on any atom is 0.341 e. The van der Waals surface area contributed by atoms with Crippen LogP contribution in [-0.2, 0) is 29.0 Å². The molecule has 0 aliphatic carbocycles. The van der Waals surface area contributed by atoms with Crippen molar-refractivity contribution in [3.8, 4) is 0 Å². The number of benzene rings is 5. The lowest BCUT2D eigenvalue weighted by molar-refractivity contribution is -0.115. The van der Waals surface area contributed by atoms with E-state index in [1.807, 2.05) is 54.6 Å². The van der Waals surface area contributed by atoms with Gasteiger partial charge in [0.05, 0.1) is 17.7 Å². The normalized spacial score (nSPS) is 13.1. The lowest BCUT2D eigenvalue weighted by Gasteiger charge is -2.27. The van der Waals surface area contributed by atoms with Gasteiger partial charge >= 0.3 is 11.9 Å². The van der Waals surface area contributed by atoms with Gasteiger partial charge in [0.15, 0.2) is 0 Å². The van der Waals surface area contributed by atoms with Crippen LogP contribution in [0.1, 0.15) is 64.8 Å². The number of thioether (sulfide) groups is 1. The summed E-state index contributed by atoms with van der Waals surface area (Å²) in [5, 5.41) is 16.6. The van der Waals surface area contributed by atoms with Crippen molar-refractivity contribution in [3.63, 3.8) is 0 Å². The standard InChI is InChI=1S/C43H37N3O6S2/c1-2-52-43(51)37-32-22-23-46(25-27-12-5-3-6-13-27)26-35(32)54-41(37)45-40(48)38(29-14-7-4-8-15-29)53-31-19-11-18-30(24-31)44-39(47)33-20-9-16-28-17-10-21-34(36(28)33)42(49)50/h3-21,24,38H,2,22-23,25-26H2,1H3,(H,44,47)(H,45,48)(H,49,50). The zero-order valence-electron chi connectivity index (χ0n) is 29.4. The van der Waals surface area contributed by atoms with Crippen LogP contribution >= 0.6 is 23.1 Å². The number of ether oxygens (including phenoxy) is 1. The Bertz CT molecular complexity index is 2340. The van der Waals surface area contributed by atoms with E-state index in [1.54, 1.807) is 55.5 Å². The second kappa shape index (κ2) is 16.5. The molecule has 0 bridgehead atoms. The molecule has 0 fully saturated rings. The van der Waals surface area contributed by atoms with Gasteiger partial charge in [-0.3, -0.25) is 14.5 Å². The summed E-state index contributed by atoms with van der Waals surface area (Å²) in [7, 11) is 0. The van der Waals surface area contributed by atoms with E-state index in [2.05, 4.69) is 27.7 Å². The van der Waals surface area contributed by atoms with E-state index in [1.165, 1.54) is 34.7 Å². The van der Waals surface area contributed by atoms with Crippen molar-refractivity contribution in [1.82, 2.24) is 4.90 Å². The van der Waals surface area contributed by atoms with Gasteiger partial charge in [0.1, 0.15) is 10.3 Å². The maximum atomic E-state index is 14.3. The number of rotatable bonds is 12. The van der Waals surface area contributed by atoms with Crippen molar-refractivity contribution in [2.75, 3.05) is 23.8 Å². The van der Waals surface area contributed by atoms with Gasteiger partial charge in [-0.1, -0.05) is 91.0 Å². The molecule has 0 saturated heterocycles. The molecule has 1 atom stereocenters. The number of nitrogens with one attached hydrogen (secondary N) is 2. The van der Waals surface area contributed by atoms with Gasteiger partial charge in [0.2, 0.25) is 5.91 Å². The van der Waals surface area contributed by atoms with Gasteiger partial charge in [0.25, 0.3) is 5.91 Å². The molecule has 0 saturated carbocycles. The minimum Gasteiger partial charge on any atom is -0.478 e. The van der Waals surface area contributed by atoms with Crippen LogP contribution in [0.15, 0.2) is 126 Å². The van der Waals surface area contributed by atoms with Crippen molar-refractivity contribution in [2.45, 2.75) is 36.6 Å². The number of aromatic carboxylic acids is 1. The molecule has 7 rings (SSSR count). The maximum absolute atomic E-state index is 14.3. The van der Waals surface area contributed by atoms with Crippen LogP contribution in [0, 0.1) is 0 Å². The monoisotopic (exact) mass is 755 g/mol. The van der Waals surface area contributed by atoms with Gasteiger partial charge in [-0.15, -0.1) is 23.1 Å². The summed E-state index contributed by atoms with van der Waals surface area (Å²) in [5.74, 6) is -2.32. The summed E-state index contributed by atoms with van der Waals surface area (Å²) in [5.41, 5.74) is 4.09. The van der Waals surface area contributed by atoms with Crippen LogP contribution < -0.4 is 10.6 Å². The molecule has 11 heteroatoms. The smallest absolute Gasteiger partial charge is 0.341 e. The number of carboxylic acid groups (broad SMARTS) is 1. The summed E-state index contributed by atoms with van der Waals surface area (Å²) in [4.78, 5) is 57.4. The highest BCUT2D eigenvalue weighted by atomic mass is 32.2. The molecule has 5 aromatic carbocycles. The Morgan fingerprint density at radius 1 is 0.852 bits per heavy atom. The van der Waals surface area contributed by atoms with Crippen LogP contribution in [0.3, 0.4) is 0 Å². The fraction of sp³-hybridized carbons (Fsp3) is 0.163. The first kappa shape index (κ1) is 36.6. The number of hydrogen-bond acceptors (Lipinski definition) is 8. The van der Waals surface area contributed by atoms with Crippen LogP contribution in [0.25, 0.3) is 10.8 Å². The molecule has 2 heterocycles. The first-order valence-corrected chi connectivity index (χ1v) is 19.3. The lowest BCUT2D eigenvalue weighted by Crippen LogP contribution is -2.30. The Hall–Kier alpha value is -5.75. The Morgan fingerprint density at radius 3 is 2.28 bits per heavy atom. The molecule has 6 aromatic rings. The average molecular weight is 756 g/mol. The summed E-state index contributed by atoms with van der Waals surface area (Å²) >= 11 is 2.74. The average Bonchev–Trinajstić information content (AvgIpc) is 3.54. The van der Waals surface area contributed by atoms with Crippen molar-refractivity contribution in [2.24, 2.45) is 0 Å². The van der Waals surface area contributed by atoms with Crippen molar-refractivity contribution < 1.29 is 29.0 Å². The Balaban J connectivity index is 1.14. The third-order valence-electron chi connectivity index (χ3n) is 9.17. The molecule has 2 amide bonds. The highest BCUT2D eigenvalue weighted by Gasteiger charge is 2.32. The molecule has 54 heavy (non-hydrogen) atoms. The minimum absolute atomic E-state index is 0.0430. The van der Waals surface area contributed by atoms with E-state index < -0.39 is 23.1 Å². The SMILES string of the molecule is CCOC(=O)c1c(NC(=O)C(Sc2cccc(NC(=O)c3cccc4cccc(C(=O)O)c34)c2)c2ccccc2)sc2c1CCN(Cc1ccccc1)C2. The van der Waals surface area contributed by atoms with Crippen LogP contribution in [-0.4, -0.2) is 46.9 Å². The van der Waals surface area contributed by atoms with Crippen molar-refractivity contribution in [1.29, 1.82) is 0 Å². The van der Waals surface area contributed by atoms with E-state index >= 15 is 0 Å². The molecule has 0 radical (unpaired) electrons. The number of esters is 1. The summed E-state index contributed by atoms with van der Waals surface area (Å²) < 4.78 is 5.49. The molecule has 1 aliphatic rings. The quantitative estimate of drug-likeness (QED) is 0.0835. The first-order valence-electron chi connectivity index (χ1n) is 17.6. The number of carbonyl (C=O) groups is 4. The third kappa shape index (κ3) is 8.08. The number of fused-ring (bicyclic) bond motifs is 2. The molecule has 0 spiro atoms. The second-order valence-corrected chi connectivity index (χ2v) is 15.1. The summed E-state index contributed by atoms with van der Waals surface area (Å²) in [6, 6.07) is 36.8. The van der Waals surface area contributed by atoms with E-state index in [0.29, 0.717) is 44.9 Å². The van der Waals surface area contributed by atoms with Crippen LogP contribution in [0.5, 0.6) is 0 Å². The summed E-state index contributed by atoms with van der Waals surface area (Å²) in [6.07, 6.45) is 0.661. The van der Waals surface area contributed by atoms with Crippen LogP contribution in [0.4, 0.5) is 10.7 Å². The second-order valence-electron chi connectivity index (χ2n) is 12.8. The predicted molar refractivity (Wildman–Crippen MR) is 214 cm³/mol. The van der Waals surface area contributed by atoms with Gasteiger partial charge in [0, 0.05) is 46.0 Å². The Kier molecular flexibility index (Phi) is 11.2. The molecule has 1 unspecified atom stereocenters. The highest BCUT2D eigenvalue weighted by Crippen LogP contribution is 2.41. The number of amides is 2. The lowest BCUT2D eigenvalue weighted by atomic mass is 9.98. The Labute approximate surface area is 321 Å². The zero-order valence-corrected chi connectivity index (χ0v) is 31.0. The largest absolute Gasteiger partial charge is 0.478 e. The van der Waals surface area contributed by atoms with Gasteiger partial charge in [-0.05, 0) is 65.8 Å². The molecular formula is C43H37N3O6S2. The number of carboxylic acids is 1.